The van der Waals surface area contributed by atoms with Crippen LogP contribution in [0.3, 0.4) is 0 Å². The maximum Gasteiger partial charge on any atom is 0.220 e. The van der Waals surface area contributed by atoms with Gasteiger partial charge in [-0.15, -0.1) is 0 Å². The summed E-state index contributed by atoms with van der Waals surface area (Å²) in [4.78, 5) is 12.1. The summed E-state index contributed by atoms with van der Waals surface area (Å²) < 4.78 is 0. The summed E-state index contributed by atoms with van der Waals surface area (Å²) in [6.45, 7) is 7.53. The lowest BCUT2D eigenvalue weighted by Crippen LogP contribution is -2.43. The first-order chi connectivity index (χ1) is 9.58. The molecule has 3 nitrogen and oxygen atoms in total. The summed E-state index contributed by atoms with van der Waals surface area (Å²) in [6.07, 6.45) is 8.81. The molecule has 0 spiro atoms. The number of nitrogens with one attached hydrogen (secondary N) is 1. The topological polar surface area (TPSA) is 55.1 Å². The van der Waals surface area contributed by atoms with Gasteiger partial charge in [-0.1, -0.05) is 46.5 Å². The predicted molar refractivity (Wildman–Crippen MR) is 85.4 cm³/mol. The second kappa shape index (κ2) is 9.38. The molecule has 0 aromatic heterocycles. The van der Waals surface area contributed by atoms with Gasteiger partial charge in [0.05, 0.1) is 0 Å². The Hall–Kier alpha value is -0.570. The molecule has 0 aromatic rings. The third-order valence-corrected chi connectivity index (χ3v) is 5.10. The fourth-order valence-electron chi connectivity index (χ4n) is 3.48. The Morgan fingerprint density at radius 3 is 2.65 bits per heavy atom. The van der Waals surface area contributed by atoms with E-state index >= 15 is 0 Å². The molecule has 0 heterocycles. The maximum absolute atomic E-state index is 12.1. The van der Waals surface area contributed by atoms with Crippen LogP contribution in [0.4, 0.5) is 0 Å². The predicted octanol–water partition coefficient (Wildman–Crippen LogP) is 3.47. The van der Waals surface area contributed by atoms with Gasteiger partial charge < -0.3 is 11.1 Å². The first-order valence-electron chi connectivity index (χ1n) is 8.57. The van der Waals surface area contributed by atoms with Crippen molar-refractivity contribution in [2.45, 2.75) is 78.2 Å². The molecule has 3 N–H and O–H groups in total. The number of hydrogen-bond acceptors (Lipinski definition) is 2. The van der Waals surface area contributed by atoms with Gasteiger partial charge in [0, 0.05) is 12.5 Å². The van der Waals surface area contributed by atoms with E-state index in [1.807, 2.05) is 0 Å². The van der Waals surface area contributed by atoms with Crippen molar-refractivity contribution >= 4 is 5.91 Å². The average Bonchev–Trinajstić information content (AvgIpc) is 2.42. The van der Waals surface area contributed by atoms with Gasteiger partial charge in [-0.25, -0.2) is 0 Å². The Kier molecular flexibility index (Phi) is 8.20. The van der Waals surface area contributed by atoms with E-state index in [1.54, 1.807) is 0 Å². The van der Waals surface area contributed by atoms with Crippen molar-refractivity contribution in [3.63, 3.8) is 0 Å². The van der Waals surface area contributed by atoms with Gasteiger partial charge in [0.15, 0.2) is 0 Å². The molecule has 0 radical (unpaired) electrons. The van der Waals surface area contributed by atoms with E-state index in [9.17, 15) is 4.79 Å². The van der Waals surface area contributed by atoms with E-state index in [0.29, 0.717) is 24.3 Å². The van der Waals surface area contributed by atoms with E-state index in [4.69, 9.17) is 5.73 Å². The number of hydrogen-bond donors (Lipinski definition) is 2. The van der Waals surface area contributed by atoms with Crippen molar-refractivity contribution in [1.29, 1.82) is 0 Å². The lowest BCUT2D eigenvalue weighted by molar-refractivity contribution is -0.122. The molecule has 4 unspecified atom stereocenters. The molecule has 0 bridgehead atoms. The zero-order chi connectivity index (χ0) is 15.0. The molecular weight excluding hydrogens is 248 g/mol. The van der Waals surface area contributed by atoms with Crippen LogP contribution >= 0.6 is 0 Å². The second-order valence-corrected chi connectivity index (χ2v) is 6.71. The Labute approximate surface area is 125 Å². The SMILES string of the molecule is CCCC(CCN)CCC(=O)NC1CCCC(C)C1C. The van der Waals surface area contributed by atoms with Gasteiger partial charge >= 0.3 is 0 Å². The van der Waals surface area contributed by atoms with Crippen molar-refractivity contribution in [3.8, 4) is 0 Å². The number of rotatable bonds is 8. The van der Waals surface area contributed by atoms with Crippen LogP contribution in [0.25, 0.3) is 0 Å². The lowest BCUT2D eigenvalue weighted by atomic mass is 9.78. The van der Waals surface area contributed by atoms with Crippen LogP contribution in [0.15, 0.2) is 0 Å². The number of amides is 1. The minimum atomic E-state index is 0.245. The molecule has 4 atom stereocenters. The zero-order valence-corrected chi connectivity index (χ0v) is 13.7. The molecule has 1 aliphatic rings. The summed E-state index contributed by atoms with van der Waals surface area (Å²) in [5, 5.41) is 3.27. The maximum atomic E-state index is 12.1. The van der Waals surface area contributed by atoms with Gasteiger partial charge in [0.2, 0.25) is 5.91 Å². The van der Waals surface area contributed by atoms with Gasteiger partial charge in [0.1, 0.15) is 0 Å². The molecule has 1 amide bonds. The van der Waals surface area contributed by atoms with Crippen LogP contribution < -0.4 is 11.1 Å². The van der Waals surface area contributed by atoms with E-state index < -0.39 is 0 Å². The lowest BCUT2D eigenvalue weighted by Gasteiger charge is -2.34. The fourth-order valence-corrected chi connectivity index (χ4v) is 3.48. The largest absolute Gasteiger partial charge is 0.353 e. The van der Waals surface area contributed by atoms with Crippen molar-refractivity contribution in [1.82, 2.24) is 5.32 Å². The molecule has 118 valence electrons. The van der Waals surface area contributed by atoms with E-state index in [-0.39, 0.29) is 5.91 Å². The van der Waals surface area contributed by atoms with Crippen LogP contribution in [0.5, 0.6) is 0 Å². The van der Waals surface area contributed by atoms with Crippen molar-refractivity contribution in [3.05, 3.63) is 0 Å². The fraction of sp³-hybridized carbons (Fsp3) is 0.941. The number of nitrogens with two attached hydrogens (primary N) is 1. The summed E-state index contributed by atoms with van der Waals surface area (Å²) in [5.74, 6) is 2.22. The van der Waals surface area contributed by atoms with E-state index in [2.05, 4.69) is 26.1 Å². The van der Waals surface area contributed by atoms with Crippen molar-refractivity contribution in [2.24, 2.45) is 23.5 Å². The highest BCUT2D eigenvalue weighted by atomic mass is 16.1. The Balaban J connectivity index is 2.31. The van der Waals surface area contributed by atoms with Crippen LogP contribution in [-0.2, 0) is 4.79 Å². The van der Waals surface area contributed by atoms with Gasteiger partial charge in [-0.05, 0) is 43.6 Å². The highest BCUT2D eigenvalue weighted by Gasteiger charge is 2.28. The van der Waals surface area contributed by atoms with Crippen LogP contribution in [-0.4, -0.2) is 18.5 Å². The normalized spacial score (nSPS) is 28.1. The summed E-state index contributed by atoms with van der Waals surface area (Å²) in [6, 6.07) is 0.394. The van der Waals surface area contributed by atoms with E-state index in [0.717, 1.165) is 31.7 Å². The monoisotopic (exact) mass is 282 g/mol. The zero-order valence-electron chi connectivity index (χ0n) is 13.7. The minimum absolute atomic E-state index is 0.245. The molecule has 3 heteroatoms. The third kappa shape index (κ3) is 5.82. The van der Waals surface area contributed by atoms with Gasteiger partial charge in [-0.3, -0.25) is 4.79 Å². The molecule has 20 heavy (non-hydrogen) atoms. The highest BCUT2D eigenvalue weighted by molar-refractivity contribution is 5.76. The second-order valence-electron chi connectivity index (χ2n) is 6.71. The summed E-state index contributed by atoms with van der Waals surface area (Å²) in [7, 11) is 0. The quantitative estimate of drug-likeness (QED) is 0.716. The standard InChI is InChI=1S/C17H34N2O/c1-4-6-15(11-12-18)9-10-17(20)19-16-8-5-7-13(2)14(16)3/h13-16H,4-12,18H2,1-3H3,(H,19,20). The first kappa shape index (κ1) is 17.5. The summed E-state index contributed by atoms with van der Waals surface area (Å²) >= 11 is 0. The number of carbonyl (C=O) groups is 1. The first-order valence-corrected chi connectivity index (χ1v) is 8.57. The average molecular weight is 282 g/mol. The minimum Gasteiger partial charge on any atom is -0.353 e. The van der Waals surface area contributed by atoms with Crippen LogP contribution in [0.2, 0.25) is 0 Å². The molecule has 0 aromatic carbocycles. The molecule has 1 fully saturated rings. The Morgan fingerprint density at radius 1 is 1.25 bits per heavy atom. The van der Waals surface area contributed by atoms with Crippen LogP contribution in [0, 0.1) is 17.8 Å². The smallest absolute Gasteiger partial charge is 0.220 e. The molecule has 0 saturated heterocycles. The molecule has 0 aliphatic heterocycles. The highest BCUT2D eigenvalue weighted by Crippen LogP contribution is 2.29. The molecule has 1 saturated carbocycles. The van der Waals surface area contributed by atoms with E-state index in [1.165, 1.54) is 25.7 Å². The Morgan fingerprint density at radius 2 is 2.00 bits per heavy atom. The van der Waals surface area contributed by atoms with Crippen molar-refractivity contribution < 1.29 is 4.79 Å². The van der Waals surface area contributed by atoms with Crippen LogP contribution in [0.1, 0.15) is 72.1 Å². The molecule has 1 rings (SSSR count). The molecule has 1 aliphatic carbocycles. The van der Waals surface area contributed by atoms with Crippen molar-refractivity contribution in [2.75, 3.05) is 6.54 Å². The van der Waals surface area contributed by atoms with Gasteiger partial charge in [0.25, 0.3) is 0 Å². The third-order valence-electron chi connectivity index (χ3n) is 5.10. The summed E-state index contributed by atoms with van der Waals surface area (Å²) in [5.41, 5.74) is 5.65. The Bertz CT molecular complexity index is 274. The molecular formula is C17H34N2O. The van der Waals surface area contributed by atoms with Gasteiger partial charge in [-0.2, -0.15) is 0 Å². The number of carbonyl (C=O) groups excluding carboxylic acids is 1.